The van der Waals surface area contributed by atoms with Crippen molar-refractivity contribution in [1.82, 2.24) is 4.90 Å². The van der Waals surface area contributed by atoms with Crippen LogP contribution in [0.4, 0.5) is 4.79 Å². The van der Waals surface area contributed by atoms with Gasteiger partial charge in [0.25, 0.3) is 0 Å². The summed E-state index contributed by atoms with van der Waals surface area (Å²) in [6.07, 6.45) is 0.324. The molecule has 0 aliphatic heterocycles. The molecular weight excluding hydrogens is 268 g/mol. The topological polar surface area (TPSA) is 101 Å². The number of hydrogen-bond donors (Lipinski definition) is 0. The van der Waals surface area contributed by atoms with Crippen LogP contribution in [-0.2, 0) is 4.74 Å². The van der Waals surface area contributed by atoms with E-state index in [0.717, 1.165) is 0 Å². The van der Waals surface area contributed by atoms with E-state index in [2.05, 4.69) is 4.74 Å². The van der Waals surface area contributed by atoms with Gasteiger partial charge in [-0.15, -0.1) is 0 Å². The number of allylic oxidation sites excluding steroid dienone is 4. The summed E-state index contributed by atoms with van der Waals surface area (Å²) >= 11 is 0. The van der Waals surface area contributed by atoms with Crippen molar-refractivity contribution in [2.45, 2.75) is 26.7 Å². The SMILES string of the molecule is COC(=O)N(C)C1=C(C#N)C(=C(C#N)C#N)CC(C)(C)C1. The van der Waals surface area contributed by atoms with Gasteiger partial charge in [-0.3, -0.25) is 4.90 Å². The van der Waals surface area contributed by atoms with E-state index in [0.29, 0.717) is 24.1 Å². The quantitative estimate of drug-likeness (QED) is 0.689. The molecule has 0 N–H and O–H groups in total. The van der Waals surface area contributed by atoms with Crippen LogP contribution in [0.2, 0.25) is 0 Å². The van der Waals surface area contributed by atoms with Gasteiger partial charge in [0.15, 0.2) is 0 Å². The third kappa shape index (κ3) is 3.22. The second-order valence-electron chi connectivity index (χ2n) is 5.56. The first-order valence-corrected chi connectivity index (χ1v) is 6.30. The van der Waals surface area contributed by atoms with Crippen molar-refractivity contribution in [1.29, 1.82) is 15.8 Å². The van der Waals surface area contributed by atoms with Gasteiger partial charge >= 0.3 is 6.09 Å². The van der Waals surface area contributed by atoms with Crippen LogP contribution in [0.15, 0.2) is 22.4 Å². The summed E-state index contributed by atoms with van der Waals surface area (Å²) < 4.78 is 4.67. The number of carbonyl (C=O) groups is 1. The lowest BCUT2D eigenvalue weighted by atomic mass is 9.72. The lowest BCUT2D eigenvalue weighted by Crippen LogP contribution is -2.33. The molecule has 1 amide bonds. The van der Waals surface area contributed by atoms with Gasteiger partial charge in [-0.25, -0.2) is 4.79 Å². The van der Waals surface area contributed by atoms with E-state index < -0.39 is 6.09 Å². The number of hydrogen-bond acceptors (Lipinski definition) is 5. The molecule has 0 atom stereocenters. The van der Waals surface area contributed by atoms with Gasteiger partial charge in [-0.05, 0) is 18.3 Å². The average molecular weight is 284 g/mol. The molecule has 0 aromatic heterocycles. The highest BCUT2D eigenvalue weighted by Crippen LogP contribution is 2.43. The monoisotopic (exact) mass is 284 g/mol. The Labute approximate surface area is 124 Å². The lowest BCUT2D eigenvalue weighted by Gasteiger charge is -2.35. The van der Waals surface area contributed by atoms with Crippen LogP contribution in [0.3, 0.4) is 0 Å². The molecule has 0 aromatic carbocycles. The molecule has 0 fully saturated rings. The first-order chi connectivity index (χ1) is 9.81. The highest BCUT2D eigenvalue weighted by atomic mass is 16.5. The van der Waals surface area contributed by atoms with Crippen molar-refractivity contribution in [3.8, 4) is 18.2 Å². The van der Waals surface area contributed by atoms with Gasteiger partial charge in [0.05, 0.1) is 12.7 Å². The maximum atomic E-state index is 11.7. The highest BCUT2D eigenvalue weighted by Gasteiger charge is 2.35. The average Bonchev–Trinajstić information content (AvgIpc) is 2.45. The largest absolute Gasteiger partial charge is 0.452 e. The van der Waals surface area contributed by atoms with Gasteiger partial charge in [-0.1, -0.05) is 13.8 Å². The second-order valence-corrected chi connectivity index (χ2v) is 5.56. The Bertz CT molecular complexity index is 635. The molecule has 1 aliphatic rings. The number of ether oxygens (including phenoxy) is 1. The standard InChI is InChI=1S/C15H16N4O2/c1-15(2)5-11(10(7-16)8-17)12(9-18)13(6-15)19(3)14(20)21-4/h5-6H2,1-4H3. The van der Waals surface area contributed by atoms with E-state index in [1.54, 1.807) is 0 Å². The summed E-state index contributed by atoms with van der Waals surface area (Å²) in [4.78, 5) is 13.0. The second kappa shape index (κ2) is 6.11. The van der Waals surface area contributed by atoms with E-state index in [4.69, 9.17) is 10.5 Å². The first-order valence-electron chi connectivity index (χ1n) is 6.30. The fraction of sp³-hybridized carbons (Fsp3) is 0.467. The van der Waals surface area contributed by atoms with Gasteiger partial charge in [0.1, 0.15) is 23.8 Å². The Morgan fingerprint density at radius 1 is 1.24 bits per heavy atom. The Morgan fingerprint density at radius 2 is 1.81 bits per heavy atom. The fourth-order valence-corrected chi connectivity index (χ4v) is 2.38. The van der Waals surface area contributed by atoms with Crippen molar-refractivity contribution >= 4 is 6.09 Å². The molecule has 0 heterocycles. The summed E-state index contributed by atoms with van der Waals surface area (Å²) in [5.74, 6) is 0. The van der Waals surface area contributed by atoms with E-state index in [-0.39, 0.29) is 16.6 Å². The number of nitriles is 3. The summed E-state index contributed by atoms with van der Waals surface area (Å²) in [5.41, 5.74) is 0.713. The Morgan fingerprint density at radius 3 is 2.24 bits per heavy atom. The van der Waals surface area contributed by atoms with Crippen LogP contribution in [0.1, 0.15) is 26.7 Å². The summed E-state index contributed by atoms with van der Waals surface area (Å²) in [7, 11) is 2.77. The van der Waals surface area contributed by atoms with Crippen molar-refractivity contribution in [2.75, 3.05) is 14.2 Å². The number of rotatable bonds is 1. The highest BCUT2D eigenvalue weighted by molar-refractivity contribution is 5.71. The number of methoxy groups -OCH3 is 1. The number of nitrogens with zero attached hydrogens (tertiary/aromatic N) is 4. The summed E-state index contributed by atoms with van der Waals surface area (Å²) in [6.45, 7) is 3.91. The third-order valence-electron chi connectivity index (χ3n) is 3.38. The smallest absolute Gasteiger partial charge is 0.413 e. The fourth-order valence-electron chi connectivity index (χ4n) is 2.38. The molecule has 108 valence electrons. The lowest BCUT2D eigenvalue weighted by molar-refractivity contribution is 0.138. The maximum Gasteiger partial charge on any atom is 0.413 e. The number of carbonyl (C=O) groups excluding carboxylic acids is 1. The minimum atomic E-state index is -0.592. The summed E-state index contributed by atoms with van der Waals surface area (Å²) in [5, 5.41) is 27.6. The molecule has 1 aliphatic carbocycles. The van der Waals surface area contributed by atoms with Crippen molar-refractivity contribution in [3.63, 3.8) is 0 Å². The molecule has 0 saturated carbocycles. The molecule has 0 unspecified atom stereocenters. The first kappa shape index (κ1) is 16.3. The zero-order chi connectivity index (χ0) is 16.2. The van der Waals surface area contributed by atoms with Crippen LogP contribution in [-0.4, -0.2) is 25.2 Å². The minimum absolute atomic E-state index is 0.0879. The Kier molecular flexibility index (Phi) is 4.74. The van der Waals surface area contributed by atoms with Gasteiger partial charge < -0.3 is 4.74 Å². The van der Waals surface area contributed by atoms with E-state index in [1.807, 2.05) is 32.1 Å². The molecule has 0 spiro atoms. The van der Waals surface area contributed by atoms with Gasteiger partial charge in [0.2, 0.25) is 0 Å². The molecule has 21 heavy (non-hydrogen) atoms. The third-order valence-corrected chi connectivity index (χ3v) is 3.38. The molecule has 6 heteroatoms. The Hall–Kier alpha value is -2.78. The normalized spacial score (nSPS) is 16.3. The molecule has 0 aromatic rings. The molecule has 6 nitrogen and oxygen atoms in total. The molecule has 1 rings (SSSR count). The van der Waals surface area contributed by atoms with E-state index >= 15 is 0 Å². The zero-order valence-electron chi connectivity index (χ0n) is 12.5. The molecule has 0 bridgehead atoms. The van der Waals surface area contributed by atoms with Crippen molar-refractivity contribution in [3.05, 3.63) is 22.4 Å². The van der Waals surface area contributed by atoms with Gasteiger partial charge in [0, 0.05) is 18.3 Å². The van der Waals surface area contributed by atoms with Crippen LogP contribution >= 0.6 is 0 Å². The van der Waals surface area contributed by atoms with Crippen LogP contribution in [0.5, 0.6) is 0 Å². The van der Waals surface area contributed by atoms with Crippen LogP contribution < -0.4 is 0 Å². The maximum absolute atomic E-state index is 11.7. The van der Waals surface area contributed by atoms with Crippen molar-refractivity contribution < 1.29 is 9.53 Å². The minimum Gasteiger partial charge on any atom is -0.452 e. The van der Waals surface area contributed by atoms with Crippen LogP contribution in [0, 0.1) is 39.4 Å². The van der Waals surface area contributed by atoms with E-state index in [1.165, 1.54) is 19.1 Å². The summed E-state index contributed by atoms with van der Waals surface area (Å²) in [6, 6.07) is 5.67. The zero-order valence-corrected chi connectivity index (χ0v) is 12.5. The molecule has 0 saturated heterocycles. The van der Waals surface area contributed by atoms with E-state index in [9.17, 15) is 10.1 Å². The Balaban J connectivity index is 3.60. The predicted octanol–water partition coefficient (Wildman–Crippen LogP) is 2.63. The van der Waals surface area contributed by atoms with Crippen molar-refractivity contribution in [2.24, 2.45) is 5.41 Å². The van der Waals surface area contributed by atoms with Crippen LogP contribution in [0.25, 0.3) is 0 Å². The van der Waals surface area contributed by atoms with Gasteiger partial charge in [-0.2, -0.15) is 15.8 Å². The predicted molar refractivity (Wildman–Crippen MR) is 74.1 cm³/mol. The molecule has 0 radical (unpaired) electrons. The number of amides is 1. The molecular formula is C15H16N4O2.